The Morgan fingerprint density at radius 2 is 1.89 bits per heavy atom. The maximum atomic E-state index is 10.4. The minimum Gasteiger partial charge on any atom is -0.505 e. The number of aryl methyl sites for hydroxylation is 1. The van der Waals surface area contributed by atoms with Gasteiger partial charge in [-0.05, 0) is 35.6 Å². The van der Waals surface area contributed by atoms with Crippen molar-refractivity contribution in [2.45, 2.75) is 25.3 Å². The van der Waals surface area contributed by atoms with Crippen LogP contribution in [0.3, 0.4) is 0 Å². The van der Waals surface area contributed by atoms with E-state index in [-0.39, 0.29) is 0 Å². The highest BCUT2D eigenvalue weighted by Gasteiger charge is 2.44. The summed E-state index contributed by atoms with van der Waals surface area (Å²) in [5, 5.41) is 10.4. The largest absolute Gasteiger partial charge is 0.505 e. The summed E-state index contributed by atoms with van der Waals surface area (Å²) in [4.78, 5) is 2.26. The summed E-state index contributed by atoms with van der Waals surface area (Å²) in [6.07, 6.45) is 1.08. The van der Waals surface area contributed by atoms with Crippen molar-refractivity contribution >= 4 is 5.69 Å². The van der Waals surface area contributed by atoms with E-state index in [1.54, 1.807) is 0 Å². The van der Waals surface area contributed by atoms with Crippen LogP contribution in [0.25, 0.3) is 0 Å². The van der Waals surface area contributed by atoms with Crippen LogP contribution >= 0.6 is 0 Å². The van der Waals surface area contributed by atoms with E-state index in [1.807, 2.05) is 13.0 Å². The Kier molecular flexibility index (Phi) is 2.03. The maximum absolute atomic E-state index is 10.4. The summed E-state index contributed by atoms with van der Waals surface area (Å²) in [7, 11) is 2.10. The van der Waals surface area contributed by atoms with Crippen molar-refractivity contribution < 1.29 is 5.11 Å². The Balaban J connectivity index is 1.92. The zero-order valence-corrected chi connectivity index (χ0v) is 11.2. The molecular weight excluding hydrogens is 234 g/mol. The van der Waals surface area contributed by atoms with Gasteiger partial charge in [0.05, 0.1) is 11.7 Å². The van der Waals surface area contributed by atoms with Gasteiger partial charge in [-0.25, -0.2) is 0 Å². The van der Waals surface area contributed by atoms with Gasteiger partial charge in [-0.1, -0.05) is 36.4 Å². The summed E-state index contributed by atoms with van der Waals surface area (Å²) in [5.41, 5.74) is 6.16. The van der Waals surface area contributed by atoms with E-state index in [0.29, 0.717) is 17.7 Å². The Hall–Kier alpha value is -1.96. The van der Waals surface area contributed by atoms with Crippen molar-refractivity contribution in [2.75, 3.05) is 11.9 Å². The number of rotatable bonds is 0. The SMILES string of the molecule is Cc1ccc2c(c1O)N(C)C1c3ccccc3CC21. The average molecular weight is 251 g/mol. The van der Waals surface area contributed by atoms with E-state index in [2.05, 4.69) is 42.3 Å². The third-order valence-electron chi connectivity index (χ3n) is 4.75. The standard InChI is InChI=1S/C17H17NO/c1-10-7-8-13-14-9-11-5-3-4-6-12(11)15(14)18(2)16(13)17(10)19/h3-8,14-15,19H,9H2,1-2H3. The molecule has 1 N–H and O–H groups in total. The molecule has 2 aliphatic rings. The number of benzene rings is 2. The molecule has 2 atom stereocenters. The zero-order chi connectivity index (χ0) is 13.1. The summed E-state index contributed by atoms with van der Waals surface area (Å²) >= 11 is 0. The van der Waals surface area contributed by atoms with Crippen molar-refractivity contribution in [3.05, 3.63) is 58.7 Å². The van der Waals surface area contributed by atoms with Crippen LogP contribution < -0.4 is 4.90 Å². The summed E-state index contributed by atoms with van der Waals surface area (Å²) in [6, 6.07) is 13.3. The highest BCUT2D eigenvalue weighted by molar-refractivity contribution is 5.73. The van der Waals surface area contributed by atoms with Crippen molar-refractivity contribution in [2.24, 2.45) is 0 Å². The number of phenolic OH excluding ortho intramolecular Hbond substituents is 1. The molecule has 96 valence electrons. The minimum atomic E-state index is 0.388. The molecule has 2 aromatic carbocycles. The molecule has 1 aliphatic heterocycles. The second-order valence-electron chi connectivity index (χ2n) is 5.73. The quantitative estimate of drug-likeness (QED) is 0.774. The molecule has 2 nitrogen and oxygen atoms in total. The van der Waals surface area contributed by atoms with E-state index >= 15 is 0 Å². The normalized spacial score (nSPS) is 23.2. The van der Waals surface area contributed by atoms with Gasteiger partial charge in [0.25, 0.3) is 0 Å². The minimum absolute atomic E-state index is 0.388. The van der Waals surface area contributed by atoms with Crippen molar-refractivity contribution in [1.29, 1.82) is 0 Å². The van der Waals surface area contributed by atoms with Gasteiger partial charge >= 0.3 is 0 Å². The lowest BCUT2D eigenvalue weighted by atomic mass is 9.95. The van der Waals surface area contributed by atoms with E-state index in [0.717, 1.165) is 17.7 Å². The molecule has 4 rings (SSSR count). The lowest BCUT2D eigenvalue weighted by Gasteiger charge is -2.23. The molecule has 0 bridgehead atoms. The fourth-order valence-corrected chi connectivity index (χ4v) is 3.84. The highest BCUT2D eigenvalue weighted by atomic mass is 16.3. The zero-order valence-electron chi connectivity index (χ0n) is 11.2. The third-order valence-corrected chi connectivity index (χ3v) is 4.75. The molecule has 2 aromatic rings. The fourth-order valence-electron chi connectivity index (χ4n) is 3.84. The molecule has 0 saturated heterocycles. The molecule has 1 heterocycles. The van der Waals surface area contributed by atoms with Gasteiger partial charge in [0.2, 0.25) is 0 Å². The summed E-state index contributed by atoms with van der Waals surface area (Å²) in [5.74, 6) is 0.941. The van der Waals surface area contributed by atoms with Gasteiger partial charge in [-0.15, -0.1) is 0 Å². The van der Waals surface area contributed by atoms with E-state index in [4.69, 9.17) is 0 Å². The second kappa shape index (κ2) is 3.53. The van der Waals surface area contributed by atoms with E-state index in [1.165, 1.54) is 16.7 Å². The van der Waals surface area contributed by atoms with Gasteiger partial charge in [-0.2, -0.15) is 0 Å². The van der Waals surface area contributed by atoms with E-state index < -0.39 is 0 Å². The lowest BCUT2D eigenvalue weighted by molar-refractivity contribution is 0.471. The number of nitrogens with zero attached hydrogens (tertiary/aromatic N) is 1. The molecular formula is C17H17NO. The molecule has 19 heavy (non-hydrogen) atoms. The Morgan fingerprint density at radius 1 is 1.11 bits per heavy atom. The van der Waals surface area contributed by atoms with Crippen LogP contribution in [0.4, 0.5) is 5.69 Å². The van der Waals surface area contributed by atoms with Crippen molar-refractivity contribution in [3.63, 3.8) is 0 Å². The van der Waals surface area contributed by atoms with Crippen molar-refractivity contribution in [3.8, 4) is 5.75 Å². The number of anilines is 1. The topological polar surface area (TPSA) is 23.5 Å². The van der Waals surface area contributed by atoms with Crippen LogP contribution in [0.2, 0.25) is 0 Å². The molecule has 0 aromatic heterocycles. The highest BCUT2D eigenvalue weighted by Crippen LogP contribution is 2.57. The number of aromatic hydroxyl groups is 1. The lowest BCUT2D eigenvalue weighted by Crippen LogP contribution is -2.19. The second-order valence-corrected chi connectivity index (χ2v) is 5.73. The van der Waals surface area contributed by atoms with Crippen LogP contribution in [0.5, 0.6) is 5.75 Å². The number of phenols is 1. The predicted octanol–water partition coefficient (Wildman–Crippen LogP) is 3.53. The molecule has 0 spiro atoms. The fraction of sp³-hybridized carbons (Fsp3) is 0.294. The monoisotopic (exact) mass is 251 g/mol. The molecule has 0 fully saturated rings. The third kappa shape index (κ3) is 1.26. The molecule has 2 unspecified atom stereocenters. The molecule has 1 aliphatic carbocycles. The Morgan fingerprint density at radius 3 is 2.74 bits per heavy atom. The molecule has 0 amide bonds. The van der Waals surface area contributed by atoms with Gasteiger partial charge < -0.3 is 10.0 Å². The first-order chi connectivity index (χ1) is 9.18. The average Bonchev–Trinajstić information content (AvgIpc) is 2.91. The van der Waals surface area contributed by atoms with Gasteiger partial charge in [0.15, 0.2) is 0 Å². The smallest absolute Gasteiger partial charge is 0.142 e. The van der Waals surface area contributed by atoms with Crippen molar-refractivity contribution in [1.82, 2.24) is 0 Å². The van der Waals surface area contributed by atoms with Crippen LogP contribution in [-0.4, -0.2) is 12.2 Å². The number of fused-ring (bicyclic) bond motifs is 5. The van der Waals surface area contributed by atoms with Gasteiger partial charge in [0, 0.05) is 13.0 Å². The maximum Gasteiger partial charge on any atom is 0.142 e. The van der Waals surface area contributed by atoms with Crippen LogP contribution in [0, 0.1) is 6.92 Å². The van der Waals surface area contributed by atoms with E-state index in [9.17, 15) is 5.11 Å². The van der Waals surface area contributed by atoms with Gasteiger partial charge in [0.1, 0.15) is 5.75 Å². The van der Waals surface area contributed by atoms with Gasteiger partial charge in [-0.3, -0.25) is 0 Å². The van der Waals surface area contributed by atoms with Crippen LogP contribution in [-0.2, 0) is 6.42 Å². The Labute approximate surface area is 113 Å². The summed E-state index contributed by atoms with van der Waals surface area (Å²) in [6.45, 7) is 1.96. The number of hydrogen-bond acceptors (Lipinski definition) is 2. The van der Waals surface area contributed by atoms with Crippen LogP contribution in [0.15, 0.2) is 36.4 Å². The number of likely N-dealkylation sites (N-methyl/N-ethyl adjacent to an activating group) is 1. The first-order valence-electron chi connectivity index (χ1n) is 6.81. The summed E-state index contributed by atoms with van der Waals surface area (Å²) < 4.78 is 0. The molecule has 0 saturated carbocycles. The Bertz CT molecular complexity index is 677. The molecule has 2 heteroatoms. The predicted molar refractivity (Wildman–Crippen MR) is 76.9 cm³/mol. The number of hydrogen-bond donors (Lipinski definition) is 1. The molecule has 0 radical (unpaired) electrons. The first kappa shape index (κ1) is 10.9. The first-order valence-corrected chi connectivity index (χ1v) is 6.81. The van der Waals surface area contributed by atoms with Crippen LogP contribution in [0.1, 0.15) is 34.2 Å².